The molecule has 0 aromatic carbocycles. The lowest BCUT2D eigenvalue weighted by Crippen LogP contribution is -2.54. The molecule has 0 aliphatic heterocycles. The molecule has 3 heteroatoms. The first kappa shape index (κ1) is 12.0. The monoisotopic (exact) mass is 201 g/mol. The van der Waals surface area contributed by atoms with Crippen molar-refractivity contribution < 1.29 is 10.2 Å². The summed E-state index contributed by atoms with van der Waals surface area (Å²) >= 11 is 0. The third-order valence-electron chi connectivity index (χ3n) is 3.62. The van der Waals surface area contributed by atoms with Crippen LogP contribution in [0.1, 0.15) is 34.1 Å². The van der Waals surface area contributed by atoms with E-state index >= 15 is 0 Å². The Balaban J connectivity index is 2.27. The van der Waals surface area contributed by atoms with Gasteiger partial charge < -0.3 is 10.2 Å². The van der Waals surface area contributed by atoms with Gasteiger partial charge in [-0.2, -0.15) is 0 Å². The Morgan fingerprint density at radius 1 is 1.43 bits per heavy atom. The summed E-state index contributed by atoms with van der Waals surface area (Å²) in [5, 5.41) is 22.2. The zero-order valence-corrected chi connectivity index (χ0v) is 9.62. The number of hydrogen-bond donors (Lipinski definition) is 3. The number of nitrogens with one attached hydrogen (secondary N) is 1. The van der Waals surface area contributed by atoms with E-state index in [9.17, 15) is 10.2 Å². The third-order valence-corrected chi connectivity index (χ3v) is 3.62. The van der Waals surface area contributed by atoms with E-state index in [1.165, 1.54) is 0 Å². The topological polar surface area (TPSA) is 52.5 Å². The van der Waals surface area contributed by atoms with Gasteiger partial charge in [0.05, 0.1) is 6.10 Å². The first-order valence-electron chi connectivity index (χ1n) is 5.45. The maximum absolute atomic E-state index is 9.56. The number of hydrogen-bond acceptors (Lipinski definition) is 3. The van der Waals surface area contributed by atoms with Crippen LogP contribution < -0.4 is 5.32 Å². The fourth-order valence-corrected chi connectivity index (χ4v) is 1.83. The number of rotatable bonds is 4. The van der Waals surface area contributed by atoms with Crippen molar-refractivity contribution in [2.75, 3.05) is 6.54 Å². The third kappa shape index (κ3) is 2.27. The standard InChI is InChI=1S/C11H23NO2/c1-7(2)10(14)12-6-8-5-9(13)11(8,3)4/h7-10,12-14H,5-6H2,1-4H3. The first-order chi connectivity index (χ1) is 6.35. The highest BCUT2D eigenvalue weighted by atomic mass is 16.3. The van der Waals surface area contributed by atoms with Crippen LogP contribution in [-0.4, -0.2) is 29.1 Å². The van der Waals surface area contributed by atoms with Gasteiger partial charge in [-0.3, -0.25) is 5.32 Å². The summed E-state index contributed by atoms with van der Waals surface area (Å²) in [4.78, 5) is 0. The Labute approximate surface area is 86.5 Å². The van der Waals surface area contributed by atoms with Crippen LogP contribution in [0, 0.1) is 17.3 Å². The molecule has 1 aliphatic carbocycles. The highest BCUT2D eigenvalue weighted by Gasteiger charge is 2.46. The summed E-state index contributed by atoms with van der Waals surface area (Å²) < 4.78 is 0. The quantitative estimate of drug-likeness (QED) is 0.594. The van der Waals surface area contributed by atoms with Gasteiger partial charge in [0.25, 0.3) is 0 Å². The summed E-state index contributed by atoms with van der Waals surface area (Å²) in [6.07, 6.45) is 0.249. The summed E-state index contributed by atoms with van der Waals surface area (Å²) in [6.45, 7) is 8.92. The van der Waals surface area contributed by atoms with E-state index < -0.39 is 6.23 Å². The van der Waals surface area contributed by atoms with Crippen LogP contribution in [0.2, 0.25) is 0 Å². The molecule has 3 nitrogen and oxygen atoms in total. The predicted octanol–water partition coefficient (Wildman–Crippen LogP) is 0.957. The van der Waals surface area contributed by atoms with Gasteiger partial charge in [-0.25, -0.2) is 0 Å². The molecule has 1 fully saturated rings. The molecule has 0 bridgehead atoms. The van der Waals surface area contributed by atoms with Crippen LogP contribution in [0.25, 0.3) is 0 Å². The predicted molar refractivity (Wildman–Crippen MR) is 56.7 cm³/mol. The van der Waals surface area contributed by atoms with Gasteiger partial charge in [-0.1, -0.05) is 27.7 Å². The lowest BCUT2D eigenvalue weighted by Gasteiger charge is -2.49. The van der Waals surface area contributed by atoms with Crippen molar-refractivity contribution in [3.8, 4) is 0 Å². The second-order valence-corrected chi connectivity index (χ2v) is 5.37. The zero-order valence-electron chi connectivity index (χ0n) is 9.62. The summed E-state index contributed by atoms with van der Waals surface area (Å²) in [5.74, 6) is 0.717. The van der Waals surface area contributed by atoms with E-state index in [1.807, 2.05) is 13.8 Å². The SMILES string of the molecule is CC(C)C(O)NCC1CC(O)C1(C)C. The number of aliphatic hydroxyl groups excluding tert-OH is 2. The van der Waals surface area contributed by atoms with E-state index in [4.69, 9.17) is 0 Å². The Morgan fingerprint density at radius 3 is 2.36 bits per heavy atom. The van der Waals surface area contributed by atoms with Gasteiger partial charge in [0.15, 0.2) is 0 Å². The molecule has 3 N–H and O–H groups in total. The van der Waals surface area contributed by atoms with Gasteiger partial charge in [0, 0.05) is 6.54 Å². The molecule has 1 aliphatic rings. The Bertz CT molecular complexity index is 192. The summed E-state index contributed by atoms with van der Waals surface area (Å²) in [6, 6.07) is 0. The van der Waals surface area contributed by atoms with E-state index in [0.29, 0.717) is 5.92 Å². The highest BCUT2D eigenvalue weighted by molar-refractivity contribution is 4.97. The molecule has 0 aromatic heterocycles. The van der Waals surface area contributed by atoms with Crippen molar-refractivity contribution in [2.45, 2.75) is 46.4 Å². The van der Waals surface area contributed by atoms with Crippen molar-refractivity contribution in [3.63, 3.8) is 0 Å². The Kier molecular flexibility index (Phi) is 3.56. The molecule has 0 aromatic rings. The largest absolute Gasteiger partial charge is 0.393 e. The van der Waals surface area contributed by atoms with E-state index in [1.54, 1.807) is 0 Å². The van der Waals surface area contributed by atoms with Gasteiger partial charge in [-0.05, 0) is 23.7 Å². The lowest BCUT2D eigenvalue weighted by atomic mass is 9.60. The van der Waals surface area contributed by atoms with Crippen molar-refractivity contribution in [2.24, 2.45) is 17.3 Å². The van der Waals surface area contributed by atoms with E-state index in [-0.39, 0.29) is 17.4 Å². The molecular formula is C11H23NO2. The molecule has 0 spiro atoms. The minimum absolute atomic E-state index is 0.00367. The minimum Gasteiger partial charge on any atom is -0.393 e. The molecule has 1 saturated carbocycles. The van der Waals surface area contributed by atoms with Gasteiger partial charge >= 0.3 is 0 Å². The summed E-state index contributed by atoms with van der Waals surface area (Å²) in [5.41, 5.74) is 0.00367. The average molecular weight is 201 g/mol. The van der Waals surface area contributed by atoms with Crippen molar-refractivity contribution in [3.05, 3.63) is 0 Å². The smallest absolute Gasteiger partial charge is 0.107 e. The first-order valence-corrected chi connectivity index (χ1v) is 5.45. The van der Waals surface area contributed by atoms with Crippen molar-refractivity contribution in [1.82, 2.24) is 5.32 Å². The molecule has 0 saturated heterocycles. The van der Waals surface area contributed by atoms with Crippen LogP contribution >= 0.6 is 0 Å². The normalized spacial score (nSPS) is 32.8. The minimum atomic E-state index is -0.427. The molecule has 84 valence electrons. The Morgan fingerprint density at radius 2 is 2.00 bits per heavy atom. The lowest BCUT2D eigenvalue weighted by molar-refractivity contribution is -0.101. The fourth-order valence-electron chi connectivity index (χ4n) is 1.83. The molecule has 3 unspecified atom stereocenters. The van der Waals surface area contributed by atoms with E-state index in [0.717, 1.165) is 13.0 Å². The van der Waals surface area contributed by atoms with Crippen molar-refractivity contribution in [1.29, 1.82) is 0 Å². The van der Waals surface area contributed by atoms with Gasteiger partial charge in [-0.15, -0.1) is 0 Å². The molecule has 0 amide bonds. The molecule has 0 radical (unpaired) electrons. The van der Waals surface area contributed by atoms with E-state index in [2.05, 4.69) is 19.2 Å². The Hall–Kier alpha value is -0.120. The second kappa shape index (κ2) is 4.17. The zero-order chi connectivity index (χ0) is 10.9. The maximum atomic E-state index is 9.56. The summed E-state index contributed by atoms with van der Waals surface area (Å²) in [7, 11) is 0. The van der Waals surface area contributed by atoms with Crippen LogP contribution in [-0.2, 0) is 0 Å². The highest BCUT2D eigenvalue weighted by Crippen LogP contribution is 2.45. The van der Waals surface area contributed by atoms with Gasteiger partial charge in [0.1, 0.15) is 6.23 Å². The molecule has 3 atom stereocenters. The van der Waals surface area contributed by atoms with Crippen LogP contribution in [0.15, 0.2) is 0 Å². The number of aliphatic hydroxyl groups is 2. The maximum Gasteiger partial charge on any atom is 0.107 e. The van der Waals surface area contributed by atoms with Crippen LogP contribution in [0.3, 0.4) is 0 Å². The fraction of sp³-hybridized carbons (Fsp3) is 1.00. The van der Waals surface area contributed by atoms with Crippen LogP contribution in [0.5, 0.6) is 0 Å². The van der Waals surface area contributed by atoms with Crippen molar-refractivity contribution >= 4 is 0 Å². The molecule has 0 heterocycles. The molecule has 14 heavy (non-hydrogen) atoms. The van der Waals surface area contributed by atoms with Gasteiger partial charge in [0.2, 0.25) is 0 Å². The average Bonchev–Trinajstić information content (AvgIpc) is 2.11. The molecule has 1 rings (SSSR count). The van der Waals surface area contributed by atoms with Crippen LogP contribution in [0.4, 0.5) is 0 Å². The molecular weight excluding hydrogens is 178 g/mol. The second-order valence-electron chi connectivity index (χ2n) is 5.37.